The molecule has 5 rings (SSSR count). The van der Waals surface area contributed by atoms with Gasteiger partial charge in [-0.1, -0.05) is 31.2 Å². The first kappa shape index (κ1) is 20.7. The Balaban J connectivity index is 1.39. The van der Waals surface area contributed by atoms with Crippen LogP contribution >= 0.6 is 0 Å². The second-order valence-electron chi connectivity index (χ2n) is 7.83. The van der Waals surface area contributed by atoms with Crippen molar-refractivity contribution >= 4 is 17.9 Å². The van der Waals surface area contributed by atoms with Gasteiger partial charge in [-0.05, 0) is 54.1 Å². The molecule has 33 heavy (non-hydrogen) atoms. The predicted molar refractivity (Wildman–Crippen MR) is 126 cm³/mol. The maximum absolute atomic E-state index is 13.3. The fraction of sp³-hybridized carbons (Fsp3) is 0.160. The van der Waals surface area contributed by atoms with E-state index in [0.717, 1.165) is 40.2 Å². The highest BCUT2D eigenvalue weighted by molar-refractivity contribution is 6.14. The van der Waals surface area contributed by atoms with Crippen molar-refractivity contribution in [3.63, 3.8) is 0 Å². The Morgan fingerprint density at radius 1 is 0.758 bits per heavy atom. The molecular weight excluding hydrogens is 414 g/mol. The van der Waals surface area contributed by atoms with E-state index in [9.17, 15) is 4.79 Å². The first-order valence-corrected chi connectivity index (χ1v) is 10.8. The standard InChI is InChI=1S/C25H23N7O/c1-2-30-13-21(11-19-3-7-23(8-4-19)31-17-26-15-28-31)25(33)22(14-30)12-20-5-9-24(10-6-20)32-18-27-16-29-32/h3-12,15-18H,2,13-14H2,1H3/b21-11-,22-12+. The van der Waals surface area contributed by atoms with E-state index in [4.69, 9.17) is 0 Å². The summed E-state index contributed by atoms with van der Waals surface area (Å²) in [6, 6.07) is 15.9. The van der Waals surface area contributed by atoms with Crippen LogP contribution in [0.3, 0.4) is 0 Å². The molecule has 2 aromatic carbocycles. The molecule has 0 unspecified atom stereocenters. The highest BCUT2D eigenvalue weighted by Crippen LogP contribution is 2.23. The zero-order chi connectivity index (χ0) is 22.6. The van der Waals surface area contributed by atoms with Gasteiger partial charge in [0.05, 0.1) is 11.4 Å². The van der Waals surface area contributed by atoms with Crippen LogP contribution in [0, 0.1) is 0 Å². The summed E-state index contributed by atoms with van der Waals surface area (Å²) < 4.78 is 3.41. The van der Waals surface area contributed by atoms with E-state index in [1.165, 1.54) is 12.7 Å². The molecule has 0 saturated carbocycles. The van der Waals surface area contributed by atoms with Gasteiger partial charge in [-0.2, -0.15) is 10.2 Å². The lowest BCUT2D eigenvalue weighted by atomic mass is 9.94. The lowest BCUT2D eigenvalue weighted by molar-refractivity contribution is -0.113. The molecule has 1 fully saturated rings. The number of carbonyl (C=O) groups is 1. The molecule has 1 saturated heterocycles. The van der Waals surface area contributed by atoms with Crippen molar-refractivity contribution in [2.24, 2.45) is 0 Å². The van der Waals surface area contributed by atoms with Crippen molar-refractivity contribution in [3.05, 3.63) is 96.1 Å². The molecule has 0 radical (unpaired) electrons. The monoisotopic (exact) mass is 437 g/mol. The number of benzene rings is 2. The van der Waals surface area contributed by atoms with Gasteiger partial charge in [-0.25, -0.2) is 19.3 Å². The Bertz CT molecular complexity index is 1190. The van der Waals surface area contributed by atoms with Gasteiger partial charge in [0, 0.05) is 24.2 Å². The third kappa shape index (κ3) is 4.56. The van der Waals surface area contributed by atoms with Crippen LogP contribution in [0.4, 0.5) is 0 Å². The summed E-state index contributed by atoms with van der Waals surface area (Å²) >= 11 is 0. The summed E-state index contributed by atoms with van der Waals surface area (Å²) in [7, 11) is 0. The van der Waals surface area contributed by atoms with Crippen LogP contribution in [0.15, 0.2) is 85.0 Å². The van der Waals surface area contributed by atoms with E-state index in [-0.39, 0.29) is 5.78 Å². The van der Waals surface area contributed by atoms with Crippen molar-refractivity contribution in [3.8, 4) is 11.4 Å². The smallest absolute Gasteiger partial charge is 0.187 e. The molecule has 0 bridgehead atoms. The zero-order valence-electron chi connectivity index (χ0n) is 18.2. The number of ketones is 1. The fourth-order valence-electron chi connectivity index (χ4n) is 3.87. The molecule has 0 atom stereocenters. The Labute approximate surface area is 191 Å². The van der Waals surface area contributed by atoms with Gasteiger partial charge in [0.1, 0.15) is 25.3 Å². The second-order valence-corrected chi connectivity index (χ2v) is 7.83. The minimum absolute atomic E-state index is 0.0976. The minimum Gasteiger partial charge on any atom is -0.295 e. The molecule has 2 aromatic heterocycles. The number of piperidine rings is 1. The maximum Gasteiger partial charge on any atom is 0.187 e. The van der Waals surface area contributed by atoms with E-state index in [0.29, 0.717) is 13.1 Å². The Hall–Kier alpha value is -4.17. The van der Waals surface area contributed by atoms with Crippen molar-refractivity contribution in [2.45, 2.75) is 6.92 Å². The molecule has 8 heteroatoms. The van der Waals surface area contributed by atoms with Crippen LogP contribution in [-0.2, 0) is 4.79 Å². The number of Topliss-reactive ketones (excluding diaryl/α,β-unsaturated/α-hetero) is 1. The van der Waals surface area contributed by atoms with Crippen molar-refractivity contribution < 1.29 is 4.79 Å². The summed E-state index contributed by atoms with van der Waals surface area (Å²) in [6.45, 7) is 4.27. The average molecular weight is 438 g/mol. The molecule has 0 amide bonds. The van der Waals surface area contributed by atoms with E-state index >= 15 is 0 Å². The fourth-order valence-corrected chi connectivity index (χ4v) is 3.87. The Morgan fingerprint density at radius 2 is 1.21 bits per heavy atom. The Morgan fingerprint density at radius 3 is 1.58 bits per heavy atom. The SMILES string of the molecule is CCN1C/C(=C/c2ccc(-n3cncn3)cc2)C(=O)/C(=C/c2ccc(-n3cncn3)cc2)C1. The van der Waals surface area contributed by atoms with Crippen LogP contribution < -0.4 is 0 Å². The van der Waals surface area contributed by atoms with Gasteiger partial charge >= 0.3 is 0 Å². The normalized spacial score (nSPS) is 17.2. The van der Waals surface area contributed by atoms with Gasteiger partial charge in [0.25, 0.3) is 0 Å². The van der Waals surface area contributed by atoms with E-state index in [1.54, 1.807) is 22.0 Å². The van der Waals surface area contributed by atoms with Crippen LogP contribution in [0.2, 0.25) is 0 Å². The number of rotatable bonds is 5. The highest BCUT2D eigenvalue weighted by Gasteiger charge is 2.25. The molecule has 4 aromatic rings. The third-order valence-electron chi connectivity index (χ3n) is 5.65. The van der Waals surface area contributed by atoms with E-state index < -0.39 is 0 Å². The van der Waals surface area contributed by atoms with Crippen molar-refractivity contribution in [1.82, 2.24) is 34.4 Å². The first-order valence-electron chi connectivity index (χ1n) is 10.8. The molecule has 1 aliphatic heterocycles. The predicted octanol–water partition coefficient (Wildman–Crippen LogP) is 3.22. The molecule has 0 aliphatic carbocycles. The summed E-state index contributed by atoms with van der Waals surface area (Å²) in [4.78, 5) is 23.5. The number of hydrogen-bond acceptors (Lipinski definition) is 6. The summed E-state index contributed by atoms with van der Waals surface area (Å²) in [6.07, 6.45) is 10.3. The Kier molecular flexibility index (Phi) is 5.73. The first-order chi connectivity index (χ1) is 16.2. The summed E-state index contributed by atoms with van der Waals surface area (Å²) in [5.74, 6) is 0.0976. The molecule has 0 N–H and O–H groups in total. The maximum atomic E-state index is 13.3. The van der Waals surface area contributed by atoms with Crippen LogP contribution in [0.1, 0.15) is 18.1 Å². The van der Waals surface area contributed by atoms with E-state index in [1.807, 2.05) is 60.7 Å². The summed E-state index contributed by atoms with van der Waals surface area (Å²) in [5, 5.41) is 8.30. The minimum atomic E-state index is 0.0976. The summed E-state index contributed by atoms with van der Waals surface area (Å²) in [5.41, 5.74) is 5.40. The number of carbonyl (C=O) groups excluding carboxylic acids is 1. The number of aromatic nitrogens is 6. The number of hydrogen-bond donors (Lipinski definition) is 0. The largest absolute Gasteiger partial charge is 0.295 e. The molecular formula is C25H23N7O. The van der Waals surface area contributed by atoms with Crippen LogP contribution in [0.5, 0.6) is 0 Å². The average Bonchev–Trinajstić information content (AvgIpc) is 3.57. The lowest BCUT2D eigenvalue weighted by Gasteiger charge is -2.28. The van der Waals surface area contributed by atoms with Gasteiger partial charge in [-0.3, -0.25) is 9.69 Å². The molecule has 164 valence electrons. The number of nitrogens with zero attached hydrogens (tertiary/aromatic N) is 7. The van der Waals surface area contributed by atoms with Crippen molar-refractivity contribution in [1.29, 1.82) is 0 Å². The van der Waals surface area contributed by atoms with Gasteiger partial charge in [-0.15, -0.1) is 0 Å². The van der Waals surface area contributed by atoms with Crippen LogP contribution in [-0.4, -0.2) is 59.8 Å². The molecule has 3 heterocycles. The van der Waals surface area contributed by atoms with Crippen LogP contribution in [0.25, 0.3) is 23.5 Å². The van der Waals surface area contributed by atoms with Gasteiger partial charge in [0.15, 0.2) is 5.78 Å². The molecule has 1 aliphatic rings. The quantitative estimate of drug-likeness (QED) is 0.446. The number of likely N-dealkylation sites (N-methyl/N-ethyl adjacent to an activating group) is 1. The topological polar surface area (TPSA) is 81.7 Å². The second kappa shape index (κ2) is 9.13. The van der Waals surface area contributed by atoms with Gasteiger partial charge in [0.2, 0.25) is 0 Å². The zero-order valence-corrected chi connectivity index (χ0v) is 18.2. The van der Waals surface area contributed by atoms with Gasteiger partial charge < -0.3 is 0 Å². The third-order valence-corrected chi connectivity index (χ3v) is 5.65. The number of likely N-dealkylation sites (tertiary alicyclic amines) is 1. The highest BCUT2D eigenvalue weighted by atomic mass is 16.1. The van der Waals surface area contributed by atoms with E-state index in [2.05, 4.69) is 32.0 Å². The molecule has 8 nitrogen and oxygen atoms in total. The molecule has 0 spiro atoms. The van der Waals surface area contributed by atoms with Crippen molar-refractivity contribution in [2.75, 3.05) is 19.6 Å². The lowest BCUT2D eigenvalue weighted by Crippen LogP contribution is -2.37.